The van der Waals surface area contributed by atoms with Crippen LogP contribution in [-0.2, 0) is 4.79 Å². The quantitative estimate of drug-likeness (QED) is 0.316. The van der Waals surface area contributed by atoms with Crippen molar-refractivity contribution in [2.24, 2.45) is 0 Å². The number of non-ortho nitro benzene ring substituents is 1. The molecule has 0 heterocycles. The highest BCUT2D eigenvalue weighted by Crippen LogP contribution is 2.13. The Balaban J connectivity index is 1.88. The molecule has 0 aliphatic heterocycles. The molecule has 0 saturated carbocycles. The zero-order chi connectivity index (χ0) is 19.8. The van der Waals surface area contributed by atoms with E-state index in [4.69, 9.17) is 12.2 Å². The molecule has 2 aromatic rings. The Hall–Kier alpha value is -3.59. The smallest absolute Gasteiger partial charge is 0.269 e. The van der Waals surface area contributed by atoms with Crippen LogP contribution in [0.25, 0.3) is 6.08 Å². The fourth-order valence-corrected chi connectivity index (χ4v) is 2.26. The molecule has 0 aliphatic rings. The lowest BCUT2D eigenvalue weighted by atomic mass is 10.2. The van der Waals surface area contributed by atoms with Crippen LogP contribution in [0.4, 0.5) is 11.4 Å². The first-order valence-electron chi connectivity index (χ1n) is 7.75. The van der Waals surface area contributed by atoms with E-state index in [2.05, 4.69) is 16.0 Å². The van der Waals surface area contributed by atoms with Crippen molar-refractivity contribution in [2.45, 2.75) is 0 Å². The standard InChI is InChI=1S/C18H16N4O4S/c1-19-17(24)13-5-7-14(8-6-13)20-18(27)21-16(23)11-4-12-2-9-15(10-3-12)22(25)26/h2-11H,1H3,(H,19,24)(H2,20,21,23,27)/b11-4+. The van der Waals surface area contributed by atoms with E-state index in [0.717, 1.165) is 0 Å². The van der Waals surface area contributed by atoms with Gasteiger partial charge in [-0.1, -0.05) is 0 Å². The Labute approximate surface area is 160 Å². The summed E-state index contributed by atoms with van der Waals surface area (Å²) < 4.78 is 0. The second-order valence-electron chi connectivity index (χ2n) is 5.28. The van der Waals surface area contributed by atoms with Crippen molar-refractivity contribution >= 4 is 46.6 Å². The maximum Gasteiger partial charge on any atom is 0.269 e. The molecule has 0 fully saturated rings. The lowest BCUT2D eigenvalue weighted by Gasteiger charge is -2.08. The van der Waals surface area contributed by atoms with Gasteiger partial charge in [0.05, 0.1) is 4.92 Å². The first-order valence-corrected chi connectivity index (χ1v) is 8.16. The highest BCUT2D eigenvalue weighted by atomic mass is 32.1. The molecule has 2 rings (SSSR count). The minimum Gasteiger partial charge on any atom is -0.355 e. The van der Waals surface area contributed by atoms with E-state index in [9.17, 15) is 19.7 Å². The van der Waals surface area contributed by atoms with Crippen molar-refractivity contribution in [1.82, 2.24) is 10.6 Å². The number of anilines is 1. The molecule has 0 radical (unpaired) electrons. The van der Waals surface area contributed by atoms with Gasteiger partial charge in [0.25, 0.3) is 11.6 Å². The Morgan fingerprint density at radius 2 is 1.70 bits per heavy atom. The van der Waals surface area contributed by atoms with E-state index in [-0.39, 0.29) is 16.7 Å². The molecule has 3 N–H and O–H groups in total. The molecule has 0 atom stereocenters. The van der Waals surface area contributed by atoms with Crippen molar-refractivity contribution in [3.63, 3.8) is 0 Å². The van der Waals surface area contributed by atoms with Gasteiger partial charge in [-0.25, -0.2) is 0 Å². The number of rotatable bonds is 5. The van der Waals surface area contributed by atoms with Gasteiger partial charge < -0.3 is 10.6 Å². The number of carbonyl (C=O) groups excluding carboxylic acids is 2. The van der Waals surface area contributed by atoms with Gasteiger partial charge in [-0.15, -0.1) is 0 Å². The van der Waals surface area contributed by atoms with E-state index in [1.807, 2.05) is 0 Å². The lowest BCUT2D eigenvalue weighted by Crippen LogP contribution is -2.32. The zero-order valence-electron chi connectivity index (χ0n) is 14.3. The molecule has 0 saturated heterocycles. The van der Waals surface area contributed by atoms with Crippen molar-refractivity contribution in [3.8, 4) is 0 Å². The molecule has 0 aliphatic carbocycles. The number of nitro groups is 1. The third kappa shape index (κ3) is 6.01. The number of benzene rings is 2. The van der Waals surface area contributed by atoms with Gasteiger partial charge in [-0.05, 0) is 60.3 Å². The van der Waals surface area contributed by atoms with Crippen LogP contribution in [0.5, 0.6) is 0 Å². The van der Waals surface area contributed by atoms with Crippen molar-refractivity contribution < 1.29 is 14.5 Å². The summed E-state index contributed by atoms with van der Waals surface area (Å²) in [6, 6.07) is 12.4. The second kappa shape index (κ2) is 9.20. The molecule has 2 aromatic carbocycles. The molecular weight excluding hydrogens is 368 g/mol. The molecule has 0 bridgehead atoms. The first-order chi connectivity index (χ1) is 12.9. The molecular formula is C18H16N4O4S. The van der Waals surface area contributed by atoms with Crippen molar-refractivity contribution in [2.75, 3.05) is 12.4 Å². The van der Waals surface area contributed by atoms with Crippen LogP contribution in [0.15, 0.2) is 54.6 Å². The van der Waals surface area contributed by atoms with Crippen LogP contribution < -0.4 is 16.0 Å². The summed E-state index contributed by atoms with van der Waals surface area (Å²) in [6.07, 6.45) is 2.78. The van der Waals surface area contributed by atoms with E-state index in [1.54, 1.807) is 31.3 Å². The van der Waals surface area contributed by atoms with Crippen LogP contribution in [0, 0.1) is 10.1 Å². The fourth-order valence-electron chi connectivity index (χ4n) is 2.04. The highest BCUT2D eigenvalue weighted by molar-refractivity contribution is 7.80. The number of carbonyl (C=O) groups is 2. The number of nitro benzene ring substituents is 1. The number of hydrogen-bond donors (Lipinski definition) is 3. The third-order valence-electron chi connectivity index (χ3n) is 3.40. The number of nitrogens with one attached hydrogen (secondary N) is 3. The summed E-state index contributed by atoms with van der Waals surface area (Å²) in [5, 5.41) is 18.5. The SMILES string of the molecule is CNC(=O)c1ccc(NC(=S)NC(=O)/C=C/c2ccc([N+](=O)[O-])cc2)cc1. The van der Waals surface area contributed by atoms with Crippen LogP contribution in [0.2, 0.25) is 0 Å². The summed E-state index contributed by atoms with van der Waals surface area (Å²) in [6.45, 7) is 0. The van der Waals surface area contributed by atoms with Gasteiger partial charge in [0.1, 0.15) is 0 Å². The number of thiocarbonyl (C=S) groups is 1. The largest absolute Gasteiger partial charge is 0.355 e. The minimum absolute atomic E-state index is 0.0237. The maximum atomic E-state index is 11.9. The number of amides is 2. The molecule has 9 heteroatoms. The topological polar surface area (TPSA) is 113 Å². The monoisotopic (exact) mass is 384 g/mol. The summed E-state index contributed by atoms with van der Waals surface area (Å²) >= 11 is 5.06. The molecule has 0 spiro atoms. The second-order valence-corrected chi connectivity index (χ2v) is 5.69. The zero-order valence-corrected chi connectivity index (χ0v) is 15.1. The first kappa shape index (κ1) is 19.7. The molecule has 27 heavy (non-hydrogen) atoms. The van der Waals surface area contributed by atoms with Crippen molar-refractivity contribution in [3.05, 3.63) is 75.8 Å². The van der Waals surface area contributed by atoms with E-state index < -0.39 is 10.8 Å². The van der Waals surface area contributed by atoms with Gasteiger partial charge in [-0.3, -0.25) is 25.0 Å². The summed E-state index contributed by atoms with van der Waals surface area (Å²) in [7, 11) is 1.54. The predicted octanol–water partition coefficient (Wildman–Crippen LogP) is 2.48. The molecule has 8 nitrogen and oxygen atoms in total. The van der Waals surface area contributed by atoms with Gasteiger partial charge in [-0.2, -0.15) is 0 Å². The highest BCUT2D eigenvalue weighted by Gasteiger charge is 2.05. The third-order valence-corrected chi connectivity index (χ3v) is 3.60. The Morgan fingerprint density at radius 1 is 1.07 bits per heavy atom. The van der Waals surface area contributed by atoms with Crippen molar-refractivity contribution in [1.29, 1.82) is 0 Å². The van der Waals surface area contributed by atoms with Crippen LogP contribution in [0.3, 0.4) is 0 Å². The Bertz CT molecular complexity index is 893. The van der Waals surface area contributed by atoms with E-state index in [0.29, 0.717) is 16.8 Å². The molecule has 0 unspecified atom stereocenters. The fraction of sp³-hybridized carbons (Fsp3) is 0.0556. The maximum absolute atomic E-state index is 11.9. The van der Waals surface area contributed by atoms with Gasteiger partial charge in [0.2, 0.25) is 5.91 Å². The number of nitrogens with zero attached hydrogens (tertiary/aromatic N) is 1. The van der Waals surface area contributed by atoms with Crippen LogP contribution in [-0.4, -0.2) is 28.9 Å². The Morgan fingerprint density at radius 3 is 2.26 bits per heavy atom. The van der Waals surface area contributed by atoms with E-state index >= 15 is 0 Å². The van der Waals surface area contributed by atoms with Crippen LogP contribution in [0.1, 0.15) is 15.9 Å². The average Bonchev–Trinajstić information content (AvgIpc) is 2.66. The van der Waals surface area contributed by atoms with E-state index in [1.165, 1.54) is 36.4 Å². The Kier molecular flexibility index (Phi) is 6.73. The molecule has 0 aromatic heterocycles. The number of hydrogen-bond acceptors (Lipinski definition) is 5. The normalized spacial score (nSPS) is 10.3. The minimum atomic E-state index is -0.495. The predicted molar refractivity (Wildman–Crippen MR) is 106 cm³/mol. The lowest BCUT2D eigenvalue weighted by molar-refractivity contribution is -0.384. The van der Waals surface area contributed by atoms with Gasteiger partial charge in [0.15, 0.2) is 5.11 Å². The van der Waals surface area contributed by atoms with Crippen LogP contribution >= 0.6 is 12.2 Å². The summed E-state index contributed by atoms with van der Waals surface area (Å²) in [4.78, 5) is 33.5. The summed E-state index contributed by atoms with van der Waals surface area (Å²) in [5.74, 6) is -0.651. The summed E-state index contributed by atoms with van der Waals surface area (Å²) in [5.41, 5.74) is 1.74. The molecule has 138 valence electrons. The van der Waals surface area contributed by atoms with Gasteiger partial charge >= 0.3 is 0 Å². The van der Waals surface area contributed by atoms with Gasteiger partial charge in [0, 0.05) is 36.5 Å². The average molecular weight is 384 g/mol. The molecule has 2 amide bonds.